The summed E-state index contributed by atoms with van der Waals surface area (Å²) >= 11 is 0. The number of hydrogen-bond acceptors (Lipinski definition) is 3. The molecular weight excluding hydrogens is 300 g/mol. The van der Waals surface area contributed by atoms with Crippen LogP contribution in [0.3, 0.4) is 0 Å². The predicted octanol–water partition coefficient (Wildman–Crippen LogP) is 4.90. The van der Waals surface area contributed by atoms with Crippen molar-refractivity contribution in [2.24, 2.45) is 0 Å². The van der Waals surface area contributed by atoms with Gasteiger partial charge in [-0.05, 0) is 60.4 Å². The van der Waals surface area contributed by atoms with Gasteiger partial charge in [0.2, 0.25) is 0 Å². The Kier molecular flexibility index (Phi) is 4.34. The normalized spacial score (nSPS) is 10.4. The topological polar surface area (TPSA) is 46.5 Å². The van der Waals surface area contributed by atoms with Gasteiger partial charge >= 0.3 is 5.97 Å². The molecule has 1 N–H and O–H groups in total. The van der Waals surface area contributed by atoms with Crippen LogP contribution in [-0.4, -0.2) is 11.1 Å². The number of ether oxygens (including phenoxy) is 1. The minimum atomic E-state index is -0.436. The maximum Gasteiger partial charge on any atom is 0.343 e. The van der Waals surface area contributed by atoms with E-state index in [2.05, 4.69) is 0 Å². The molecule has 3 aromatic carbocycles. The average molecular weight is 318 g/mol. The standard InChI is InChI=1S/C21H18O3/c1-14-12-18(13-15(2)20(14)22)21(23)24-19-10-8-17(9-11-19)16-6-4-3-5-7-16/h3-13,22H,1-2H3. The Morgan fingerprint density at radius 2 is 1.38 bits per heavy atom. The summed E-state index contributed by atoms with van der Waals surface area (Å²) in [7, 11) is 0. The molecule has 0 bridgehead atoms. The highest BCUT2D eigenvalue weighted by Crippen LogP contribution is 2.25. The second-order valence-electron chi connectivity index (χ2n) is 5.74. The van der Waals surface area contributed by atoms with Crippen molar-refractivity contribution in [2.75, 3.05) is 0 Å². The molecular formula is C21H18O3. The Bertz CT molecular complexity index is 842. The van der Waals surface area contributed by atoms with Gasteiger partial charge in [0.15, 0.2) is 0 Å². The van der Waals surface area contributed by atoms with Crippen LogP contribution >= 0.6 is 0 Å². The summed E-state index contributed by atoms with van der Waals surface area (Å²) in [5.74, 6) is 0.260. The fraction of sp³-hybridized carbons (Fsp3) is 0.0952. The maximum absolute atomic E-state index is 12.3. The summed E-state index contributed by atoms with van der Waals surface area (Å²) in [4.78, 5) is 12.3. The van der Waals surface area contributed by atoms with E-state index < -0.39 is 5.97 Å². The molecule has 0 aliphatic carbocycles. The first-order valence-corrected chi connectivity index (χ1v) is 7.72. The smallest absolute Gasteiger partial charge is 0.343 e. The highest BCUT2D eigenvalue weighted by atomic mass is 16.5. The van der Waals surface area contributed by atoms with Crippen molar-refractivity contribution >= 4 is 5.97 Å². The van der Waals surface area contributed by atoms with Crippen LogP contribution in [0, 0.1) is 13.8 Å². The first-order valence-electron chi connectivity index (χ1n) is 7.72. The average Bonchev–Trinajstić information content (AvgIpc) is 2.60. The molecule has 3 nitrogen and oxygen atoms in total. The number of esters is 1. The minimum absolute atomic E-state index is 0.207. The summed E-state index contributed by atoms with van der Waals surface area (Å²) in [5.41, 5.74) is 3.91. The maximum atomic E-state index is 12.3. The van der Waals surface area contributed by atoms with Crippen molar-refractivity contribution in [3.05, 3.63) is 83.4 Å². The second kappa shape index (κ2) is 6.59. The van der Waals surface area contributed by atoms with Crippen LogP contribution in [0.2, 0.25) is 0 Å². The SMILES string of the molecule is Cc1cc(C(=O)Oc2ccc(-c3ccccc3)cc2)cc(C)c1O. The van der Waals surface area contributed by atoms with E-state index in [1.165, 1.54) is 0 Å². The van der Waals surface area contributed by atoms with Gasteiger partial charge in [-0.15, -0.1) is 0 Å². The zero-order valence-electron chi connectivity index (χ0n) is 13.6. The fourth-order valence-electron chi connectivity index (χ4n) is 2.59. The molecule has 0 saturated carbocycles. The van der Waals surface area contributed by atoms with Crippen LogP contribution in [-0.2, 0) is 0 Å². The van der Waals surface area contributed by atoms with Gasteiger partial charge in [-0.1, -0.05) is 42.5 Å². The third-order valence-corrected chi connectivity index (χ3v) is 3.90. The molecule has 24 heavy (non-hydrogen) atoms. The summed E-state index contributed by atoms with van der Waals surface area (Å²) < 4.78 is 5.42. The Morgan fingerprint density at radius 1 is 0.833 bits per heavy atom. The van der Waals surface area contributed by atoms with Crippen LogP contribution in [0.1, 0.15) is 21.5 Å². The molecule has 0 aliphatic rings. The Labute approximate surface area is 141 Å². The number of phenolic OH excluding ortho intramolecular Hbond substituents is 1. The van der Waals surface area contributed by atoms with Crippen molar-refractivity contribution < 1.29 is 14.6 Å². The number of aryl methyl sites for hydroxylation is 2. The van der Waals surface area contributed by atoms with Gasteiger partial charge in [0, 0.05) is 0 Å². The van der Waals surface area contributed by atoms with Gasteiger partial charge < -0.3 is 9.84 Å². The predicted molar refractivity (Wildman–Crippen MR) is 94.4 cm³/mol. The van der Waals surface area contributed by atoms with E-state index in [1.54, 1.807) is 38.1 Å². The highest BCUT2D eigenvalue weighted by Gasteiger charge is 2.12. The van der Waals surface area contributed by atoms with E-state index in [9.17, 15) is 9.90 Å². The molecule has 3 rings (SSSR count). The van der Waals surface area contributed by atoms with Crippen molar-refractivity contribution in [1.82, 2.24) is 0 Å². The quantitative estimate of drug-likeness (QED) is 0.552. The van der Waals surface area contributed by atoms with Gasteiger partial charge in [0.1, 0.15) is 11.5 Å². The lowest BCUT2D eigenvalue weighted by Gasteiger charge is -2.09. The molecule has 0 spiro atoms. The molecule has 0 amide bonds. The van der Waals surface area contributed by atoms with Crippen LogP contribution < -0.4 is 4.74 Å². The Hall–Kier alpha value is -3.07. The van der Waals surface area contributed by atoms with E-state index in [4.69, 9.17) is 4.74 Å². The molecule has 0 aromatic heterocycles. The molecule has 0 unspecified atom stereocenters. The Balaban J connectivity index is 1.78. The minimum Gasteiger partial charge on any atom is -0.507 e. The van der Waals surface area contributed by atoms with Crippen molar-refractivity contribution in [3.63, 3.8) is 0 Å². The third kappa shape index (κ3) is 3.30. The number of benzene rings is 3. The van der Waals surface area contributed by atoms with Crippen molar-refractivity contribution in [1.29, 1.82) is 0 Å². The number of rotatable bonds is 3. The van der Waals surface area contributed by atoms with Gasteiger partial charge in [0.25, 0.3) is 0 Å². The highest BCUT2D eigenvalue weighted by molar-refractivity contribution is 5.92. The zero-order valence-corrected chi connectivity index (χ0v) is 13.6. The van der Waals surface area contributed by atoms with Crippen molar-refractivity contribution in [2.45, 2.75) is 13.8 Å². The van der Waals surface area contributed by atoms with E-state index in [0.717, 1.165) is 11.1 Å². The summed E-state index contributed by atoms with van der Waals surface area (Å²) in [6.07, 6.45) is 0. The van der Waals surface area contributed by atoms with Crippen LogP contribution in [0.15, 0.2) is 66.7 Å². The molecule has 3 heteroatoms. The number of aromatic hydroxyl groups is 1. The second-order valence-corrected chi connectivity index (χ2v) is 5.74. The monoisotopic (exact) mass is 318 g/mol. The molecule has 0 radical (unpaired) electrons. The van der Waals surface area contributed by atoms with Gasteiger partial charge in [-0.2, -0.15) is 0 Å². The third-order valence-electron chi connectivity index (χ3n) is 3.90. The van der Waals surface area contributed by atoms with E-state index >= 15 is 0 Å². The Morgan fingerprint density at radius 3 is 1.96 bits per heavy atom. The molecule has 3 aromatic rings. The fourth-order valence-corrected chi connectivity index (χ4v) is 2.59. The summed E-state index contributed by atoms with van der Waals surface area (Å²) in [6, 6.07) is 20.7. The molecule has 0 atom stereocenters. The first kappa shape index (κ1) is 15.8. The van der Waals surface area contributed by atoms with Crippen LogP contribution in [0.4, 0.5) is 0 Å². The molecule has 0 heterocycles. The largest absolute Gasteiger partial charge is 0.507 e. The lowest BCUT2D eigenvalue weighted by atomic mass is 10.1. The van der Waals surface area contributed by atoms with Crippen LogP contribution in [0.25, 0.3) is 11.1 Å². The van der Waals surface area contributed by atoms with Crippen LogP contribution in [0.5, 0.6) is 11.5 Å². The number of hydrogen-bond donors (Lipinski definition) is 1. The summed E-state index contributed by atoms with van der Waals surface area (Å²) in [5, 5.41) is 9.79. The molecule has 0 aliphatic heterocycles. The van der Waals surface area contributed by atoms with Gasteiger partial charge in [-0.25, -0.2) is 4.79 Å². The zero-order chi connectivity index (χ0) is 17.1. The van der Waals surface area contributed by atoms with Gasteiger partial charge in [-0.3, -0.25) is 0 Å². The summed E-state index contributed by atoms with van der Waals surface area (Å²) in [6.45, 7) is 3.52. The first-order chi connectivity index (χ1) is 11.5. The lowest BCUT2D eigenvalue weighted by Crippen LogP contribution is -2.09. The van der Waals surface area contributed by atoms with E-state index in [0.29, 0.717) is 22.4 Å². The molecule has 0 fully saturated rings. The molecule has 120 valence electrons. The number of carbonyl (C=O) groups excluding carboxylic acids is 1. The number of phenols is 1. The van der Waals surface area contributed by atoms with Gasteiger partial charge in [0.05, 0.1) is 5.56 Å². The van der Waals surface area contributed by atoms with E-state index in [1.807, 2.05) is 42.5 Å². The number of carbonyl (C=O) groups is 1. The van der Waals surface area contributed by atoms with Crippen molar-refractivity contribution in [3.8, 4) is 22.6 Å². The van der Waals surface area contributed by atoms with E-state index in [-0.39, 0.29) is 5.75 Å². The molecule has 0 saturated heterocycles. The lowest BCUT2D eigenvalue weighted by molar-refractivity contribution is 0.0734.